The van der Waals surface area contributed by atoms with Crippen molar-refractivity contribution >= 4 is 11.7 Å². The molecule has 2 aliphatic rings. The van der Waals surface area contributed by atoms with Crippen LogP contribution in [0.3, 0.4) is 0 Å². The minimum absolute atomic E-state index is 0.0940. The van der Waals surface area contributed by atoms with Crippen molar-refractivity contribution in [1.82, 2.24) is 15.2 Å². The zero-order chi connectivity index (χ0) is 19.5. The number of aromatic nitrogens is 1. The standard InChI is InChI=1S/C22H27N3O3/c1-15-20-18(26)8-4-9-19(20)28-21(15)22(27)25(14-16-6-2-3-12-24-16)17-7-5-11-23-13-10-17/h2-3,6,12,17,23H,4-5,7-11,13-14H2,1H3. The number of hydrogen-bond acceptors (Lipinski definition) is 5. The summed E-state index contributed by atoms with van der Waals surface area (Å²) in [6.45, 7) is 4.16. The summed E-state index contributed by atoms with van der Waals surface area (Å²) >= 11 is 0. The Morgan fingerprint density at radius 2 is 2.14 bits per heavy atom. The lowest BCUT2D eigenvalue weighted by atomic mass is 9.94. The molecule has 1 amide bonds. The Kier molecular flexibility index (Phi) is 5.57. The molecule has 1 unspecified atom stereocenters. The minimum Gasteiger partial charge on any atom is -0.455 e. The third-order valence-electron chi connectivity index (χ3n) is 5.81. The van der Waals surface area contributed by atoms with Gasteiger partial charge in [-0.25, -0.2) is 0 Å². The highest BCUT2D eigenvalue weighted by Crippen LogP contribution is 2.31. The smallest absolute Gasteiger partial charge is 0.290 e. The van der Waals surface area contributed by atoms with Crippen LogP contribution in [0.1, 0.15) is 70.0 Å². The topological polar surface area (TPSA) is 75.4 Å². The maximum absolute atomic E-state index is 13.6. The lowest BCUT2D eigenvalue weighted by Crippen LogP contribution is -2.40. The Balaban J connectivity index is 1.67. The first-order valence-electron chi connectivity index (χ1n) is 10.2. The van der Waals surface area contributed by atoms with E-state index < -0.39 is 0 Å². The van der Waals surface area contributed by atoms with Crippen LogP contribution in [-0.2, 0) is 13.0 Å². The number of rotatable bonds is 4. The largest absolute Gasteiger partial charge is 0.455 e. The van der Waals surface area contributed by atoms with Crippen molar-refractivity contribution in [3.63, 3.8) is 0 Å². The van der Waals surface area contributed by atoms with Gasteiger partial charge in [0.25, 0.3) is 5.91 Å². The highest BCUT2D eigenvalue weighted by molar-refractivity contribution is 6.03. The zero-order valence-electron chi connectivity index (χ0n) is 16.4. The van der Waals surface area contributed by atoms with E-state index in [9.17, 15) is 9.59 Å². The second kappa shape index (κ2) is 8.27. The molecule has 0 spiro atoms. The summed E-state index contributed by atoms with van der Waals surface area (Å²) in [5.41, 5.74) is 2.19. The van der Waals surface area contributed by atoms with Crippen LogP contribution < -0.4 is 5.32 Å². The molecule has 1 fully saturated rings. The summed E-state index contributed by atoms with van der Waals surface area (Å²) in [6, 6.07) is 5.89. The van der Waals surface area contributed by atoms with Gasteiger partial charge in [-0.1, -0.05) is 6.07 Å². The Labute approximate surface area is 165 Å². The van der Waals surface area contributed by atoms with Crippen LogP contribution in [0.25, 0.3) is 0 Å². The van der Waals surface area contributed by atoms with Crippen LogP contribution >= 0.6 is 0 Å². The van der Waals surface area contributed by atoms with Gasteiger partial charge in [-0.3, -0.25) is 14.6 Å². The average Bonchev–Trinajstić information content (AvgIpc) is 2.88. The molecule has 2 aromatic heterocycles. The number of amides is 1. The first-order valence-corrected chi connectivity index (χ1v) is 10.2. The fraction of sp³-hybridized carbons (Fsp3) is 0.500. The Bertz CT molecular complexity index is 851. The first-order chi connectivity index (χ1) is 13.6. The van der Waals surface area contributed by atoms with Gasteiger partial charge in [0.15, 0.2) is 11.5 Å². The maximum atomic E-state index is 13.6. The third kappa shape index (κ3) is 3.74. The van der Waals surface area contributed by atoms with E-state index >= 15 is 0 Å². The Morgan fingerprint density at radius 3 is 2.93 bits per heavy atom. The van der Waals surface area contributed by atoms with E-state index in [0.717, 1.165) is 50.9 Å². The van der Waals surface area contributed by atoms with Gasteiger partial charge in [-0.05, 0) is 57.8 Å². The monoisotopic (exact) mass is 381 g/mol. The van der Waals surface area contributed by atoms with E-state index in [-0.39, 0.29) is 17.7 Å². The molecule has 1 N–H and O–H groups in total. The van der Waals surface area contributed by atoms with E-state index in [4.69, 9.17) is 4.42 Å². The zero-order valence-corrected chi connectivity index (χ0v) is 16.4. The molecule has 6 nitrogen and oxygen atoms in total. The highest BCUT2D eigenvalue weighted by atomic mass is 16.4. The van der Waals surface area contributed by atoms with Crippen molar-refractivity contribution in [1.29, 1.82) is 0 Å². The number of carbonyl (C=O) groups excluding carboxylic acids is 2. The summed E-state index contributed by atoms with van der Waals surface area (Å²) in [4.78, 5) is 32.2. The summed E-state index contributed by atoms with van der Waals surface area (Å²) in [6.07, 6.45) is 6.68. The number of fused-ring (bicyclic) bond motifs is 1. The van der Waals surface area contributed by atoms with E-state index in [2.05, 4.69) is 10.3 Å². The molecule has 4 rings (SSSR count). The molecule has 0 radical (unpaired) electrons. The number of aryl methyl sites for hydroxylation is 1. The second-order valence-electron chi connectivity index (χ2n) is 7.72. The molecule has 1 aliphatic carbocycles. The minimum atomic E-state index is -0.128. The number of Topliss-reactive ketones (excluding diaryl/α,β-unsaturated/α-hetero) is 1. The highest BCUT2D eigenvalue weighted by Gasteiger charge is 2.33. The van der Waals surface area contributed by atoms with Crippen LogP contribution in [0, 0.1) is 6.92 Å². The van der Waals surface area contributed by atoms with Gasteiger partial charge in [0.1, 0.15) is 5.76 Å². The van der Waals surface area contributed by atoms with Gasteiger partial charge < -0.3 is 14.6 Å². The molecular formula is C22H27N3O3. The fourth-order valence-corrected chi connectivity index (χ4v) is 4.33. The van der Waals surface area contributed by atoms with E-state index in [0.29, 0.717) is 35.6 Å². The molecule has 1 atom stereocenters. The van der Waals surface area contributed by atoms with E-state index in [1.54, 1.807) is 6.20 Å². The van der Waals surface area contributed by atoms with Gasteiger partial charge >= 0.3 is 0 Å². The van der Waals surface area contributed by atoms with Crippen molar-refractivity contribution in [2.24, 2.45) is 0 Å². The molecule has 2 aromatic rings. The van der Waals surface area contributed by atoms with Crippen molar-refractivity contribution < 1.29 is 14.0 Å². The second-order valence-corrected chi connectivity index (χ2v) is 7.72. The average molecular weight is 381 g/mol. The number of hydrogen-bond donors (Lipinski definition) is 1. The maximum Gasteiger partial charge on any atom is 0.290 e. The molecular weight excluding hydrogens is 354 g/mol. The third-order valence-corrected chi connectivity index (χ3v) is 5.81. The molecule has 1 aliphatic heterocycles. The van der Waals surface area contributed by atoms with E-state index in [1.165, 1.54) is 0 Å². The number of nitrogens with one attached hydrogen (secondary N) is 1. The molecule has 28 heavy (non-hydrogen) atoms. The molecule has 148 valence electrons. The van der Waals surface area contributed by atoms with Crippen LogP contribution in [0.4, 0.5) is 0 Å². The number of furan rings is 1. The molecule has 3 heterocycles. The summed E-state index contributed by atoms with van der Waals surface area (Å²) in [7, 11) is 0. The van der Waals surface area contributed by atoms with Gasteiger partial charge in [0.2, 0.25) is 0 Å². The quantitative estimate of drug-likeness (QED) is 0.880. The normalized spacial score (nSPS) is 19.8. The molecule has 0 aromatic carbocycles. The van der Waals surface area contributed by atoms with Crippen molar-refractivity contribution in [3.05, 3.63) is 52.7 Å². The summed E-state index contributed by atoms with van der Waals surface area (Å²) in [5, 5.41) is 3.41. The number of carbonyl (C=O) groups is 2. The van der Waals surface area contributed by atoms with E-state index in [1.807, 2.05) is 30.0 Å². The molecule has 1 saturated heterocycles. The van der Waals surface area contributed by atoms with Gasteiger partial charge in [0, 0.05) is 30.6 Å². The predicted octanol–water partition coefficient (Wildman–Crippen LogP) is 3.29. The Morgan fingerprint density at radius 1 is 1.25 bits per heavy atom. The summed E-state index contributed by atoms with van der Waals surface area (Å²) in [5.74, 6) is 0.972. The van der Waals surface area contributed by atoms with Gasteiger partial charge in [0.05, 0.1) is 17.8 Å². The van der Waals surface area contributed by atoms with Crippen LogP contribution in [0.5, 0.6) is 0 Å². The lowest BCUT2D eigenvalue weighted by molar-refractivity contribution is 0.0606. The fourth-order valence-electron chi connectivity index (χ4n) is 4.33. The number of pyridine rings is 1. The summed E-state index contributed by atoms with van der Waals surface area (Å²) < 4.78 is 5.96. The Hall–Kier alpha value is -2.47. The predicted molar refractivity (Wildman–Crippen MR) is 105 cm³/mol. The van der Waals surface area contributed by atoms with Gasteiger partial charge in [-0.2, -0.15) is 0 Å². The van der Waals surface area contributed by atoms with Crippen molar-refractivity contribution in [2.75, 3.05) is 13.1 Å². The van der Waals surface area contributed by atoms with Crippen molar-refractivity contribution in [2.45, 2.75) is 58.0 Å². The molecule has 0 bridgehead atoms. The molecule has 6 heteroatoms. The molecule has 0 saturated carbocycles. The number of ketones is 1. The van der Waals surface area contributed by atoms with Gasteiger partial charge in [-0.15, -0.1) is 0 Å². The first kappa shape index (κ1) is 18.9. The van der Waals surface area contributed by atoms with Crippen LogP contribution in [0.2, 0.25) is 0 Å². The number of nitrogens with zero attached hydrogens (tertiary/aromatic N) is 2. The lowest BCUT2D eigenvalue weighted by Gasteiger charge is -2.30. The van der Waals surface area contributed by atoms with Crippen molar-refractivity contribution in [3.8, 4) is 0 Å². The van der Waals surface area contributed by atoms with Crippen LogP contribution in [-0.4, -0.2) is 40.7 Å². The SMILES string of the molecule is Cc1c(C(=O)N(Cc2ccccn2)C2CCCNCC2)oc2c1C(=O)CCC2. The van der Waals surface area contributed by atoms with Crippen LogP contribution in [0.15, 0.2) is 28.8 Å².